The average Bonchev–Trinajstić information content (AvgIpc) is 3.21. The summed E-state index contributed by atoms with van der Waals surface area (Å²) in [5, 5.41) is 2.57. The molecule has 0 fully saturated rings. The van der Waals surface area contributed by atoms with Crippen LogP contribution < -0.4 is 0 Å². The second kappa shape index (κ2) is 7.86. The molecule has 5 aromatic carbocycles. The molecule has 0 spiro atoms. The lowest BCUT2D eigenvalue weighted by atomic mass is 9.85. The molecule has 0 atom stereocenters. The molecule has 151 valence electrons. The largest absolute Gasteiger partial charge is 0.309 e. The minimum absolute atomic E-state index is 1.17. The second-order valence-corrected chi connectivity index (χ2v) is 8.02. The highest BCUT2D eigenvalue weighted by molar-refractivity contribution is 6.09. The first-order valence-corrected chi connectivity index (χ1v) is 11.0. The molecule has 1 aromatic heterocycles. The van der Waals surface area contributed by atoms with Crippen LogP contribution in [0, 0.1) is 5.92 Å². The standard InChI is InChI=1S/C31H22N/c1-3-11-23(12-4-1)31(24-13-5-2-6-14-24)25-19-21-26(22-20-25)32-29-17-9-7-15-27(29)28-16-8-10-18-30(28)32/h1-22H. The van der Waals surface area contributed by atoms with Gasteiger partial charge in [0.25, 0.3) is 0 Å². The molecule has 0 aliphatic heterocycles. The summed E-state index contributed by atoms with van der Waals surface area (Å²) in [6, 6.07) is 47.5. The highest BCUT2D eigenvalue weighted by atomic mass is 15.0. The van der Waals surface area contributed by atoms with E-state index >= 15 is 0 Å². The number of fused-ring (bicyclic) bond motifs is 3. The van der Waals surface area contributed by atoms with Crippen LogP contribution in [-0.2, 0) is 0 Å². The van der Waals surface area contributed by atoms with Crippen LogP contribution in [0.2, 0.25) is 0 Å². The summed E-state index contributed by atoms with van der Waals surface area (Å²) in [7, 11) is 0. The number of aromatic nitrogens is 1. The van der Waals surface area contributed by atoms with Gasteiger partial charge in [0.1, 0.15) is 0 Å². The van der Waals surface area contributed by atoms with E-state index in [-0.39, 0.29) is 0 Å². The zero-order valence-corrected chi connectivity index (χ0v) is 17.6. The van der Waals surface area contributed by atoms with Crippen molar-refractivity contribution in [3.05, 3.63) is 156 Å². The second-order valence-electron chi connectivity index (χ2n) is 8.02. The smallest absolute Gasteiger partial charge is 0.0629 e. The molecule has 6 aromatic rings. The van der Waals surface area contributed by atoms with Crippen molar-refractivity contribution in [1.29, 1.82) is 0 Å². The van der Waals surface area contributed by atoms with Crippen molar-refractivity contribution >= 4 is 21.8 Å². The van der Waals surface area contributed by atoms with Gasteiger partial charge in [0, 0.05) is 16.5 Å². The lowest BCUT2D eigenvalue weighted by molar-refractivity contribution is 1.16. The van der Waals surface area contributed by atoms with Crippen molar-refractivity contribution in [3.63, 3.8) is 0 Å². The molecule has 0 bridgehead atoms. The van der Waals surface area contributed by atoms with E-state index in [4.69, 9.17) is 0 Å². The van der Waals surface area contributed by atoms with Crippen LogP contribution in [0.3, 0.4) is 0 Å². The zero-order chi connectivity index (χ0) is 21.3. The molecule has 0 amide bonds. The predicted molar refractivity (Wildman–Crippen MR) is 134 cm³/mol. The Hall–Kier alpha value is -4.10. The molecule has 1 nitrogen and oxygen atoms in total. The zero-order valence-electron chi connectivity index (χ0n) is 17.6. The Labute approximate surface area is 188 Å². The molecule has 0 saturated heterocycles. The fourth-order valence-electron chi connectivity index (χ4n) is 4.69. The van der Waals surface area contributed by atoms with Crippen LogP contribution >= 0.6 is 0 Å². The lowest BCUT2D eigenvalue weighted by Crippen LogP contribution is -2.04. The number of para-hydroxylation sites is 2. The Bertz CT molecular complexity index is 1400. The molecule has 32 heavy (non-hydrogen) atoms. The summed E-state index contributed by atoms with van der Waals surface area (Å²) in [5.41, 5.74) is 7.30. The van der Waals surface area contributed by atoms with Crippen LogP contribution in [0.4, 0.5) is 0 Å². The fourth-order valence-corrected chi connectivity index (χ4v) is 4.69. The number of nitrogens with zero attached hydrogens (tertiary/aromatic N) is 1. The predicted octanol–water partition coefficient (Wildman–Crippen LogP) is 7.80. The van der Waals surface area contributed by atoms with E-state index in [9.17, 15) is 0 Å². The van der Waals surface area contributed by atoms with E-state index in [1.165, 1.54) is 50.1 Å². The summed E-state index contributed by atoms with van der Waals surface area (Å²) in [4.78, 5) is 0. The van der Waals surface area contributed by atoms with Crippen LogP contribution in [0.5, 0.6) is 0 Å². The van der Waals surface area contributed by atoms with Crippen molar-refractivity contribution in [1.82, 2.24) is 4.57 Å². The number of hydrogen-bond acceptors (Lipinski definition) is 0. The monoisotopic (exact) mass is 408 g/mol. The number of benzene rings is 5. The Morgan fingerprint density at radius 3 is 1.28 bits per heavy atom. The third-order valence-electron chi connectivity index (χ3n) is 6.12. The SMILES string of the molecule is c1ccc([C](c2ccccc2)c2ccc(-n3c4ccccc4c4ccccc43)cc2)cc1. The molecule has 1 heterocycles. The van der Waals surface area contributed by atoms with Gasteiger partial charge in [-0.2, -0.15) is 0 Å². The molecule has 0 unspecified atom stereocenters. The fraction of sp³-hybridized carbons (Fsp3) is 0. The maximum Gasteiger partial charge on any atom is 0.0629 e. The molecule has 1 heteroatoms. The van der Waals surface area contributed by atoms with Gasteiger partial charge >= 0.3 is 0 Å². The van der Waals surface area contributed by atoms with Crippen LogP contribution in [-0.4, -0.2) is 4.57 Å². The third-order valence-corrected chi connectivity index (χ3v) is 6.12. The summed E-state index contributed by atoms with van der Waals surface area (Å²) >= 11 is 0. The summed E-state index contributed by atoms with van der Waals surface area (Å²) < 4.78 is 2.36. The van der Waals surface area contributed by atoms with Crippen LogP contribution in [0.15, 0.2) is 133 Å². The molecule has 6 rings (SSSR count). The third kappa shape index (κ3) is 3.11. The number of rotatable bonds is 4. The van der Waals surface area contributed by atoms with Crippen molar-refractivity contribution in [2.45, 2.75) is 0 Å². The topological polar surface area (TPSA) is 4.93 Å². The lowest BCUT2D eigenvalue weighted by Gasteiger charge is -2.18. The van der Waals surface area contributed by atoms with Gasteiger partial charge in [-0.25, -0.2) is 0 Å². The molecule has 0 saturated carbocycles. The van der Waals surface area contributed by atoms with Crippen molar-refractivity contribution < 1.29 is 0 Å². The molecule has 0 N–H and O–H groups in total. The number of hydrogen-bond donors (Lipinski definition) is 0. The van der Waals surface area contributed by atoms with Gasteiger partial charge in [-0.15, -0.1) is 0 Å². The van der Waals surface area contributed by atoms with E-state index in [2.05, 4.69) is 138 Å². The van der Waals surface area contributed by atoms with Gasteiger partial charge in [-0.1, -0.05) is 109 Å². The normalized spacial score (nSPS) is 11.4. The van der Waals surface area contributed by atoms with Crippen molar-refractivity contribution in [2.75, 3.05) is 0 Å². The summed E-state index contributed by atoms with van der Waals surface area (Å²) in [6.07, 6.45) is 0. The Balaban J connectivity index is 1.50. The van der Waals surface area contributed by atoms with Gasteiger partial charge in [0.15, 0.2) is 0 Å². The van der Waals surface area contributed by atoms with Gasteiger partial charge in [-0.3, -0.25) is 0 Å². The van der Waals surface area contributed by atoms with Gasteiger partial charge in [-0.05, 0) is 41.0 Å². The highest BCUT2D eigenvalue weighted by Gasteiger charge is 2.18. The van der Waals surface area contributed by atoms with E-state index in [0.29, 0.717) is 0 Å². The van der Waals surface area contributed by atoms with E-state index in [1.54, 1.807) is 0 Å². The van der Waals surface area contributed by atoms with Gasteiger partial charge in [0.05, 0.1) is 17.0 Å². The van der Waals surface area contributed by atoms with Crippen LogP contribution in [0.1, 0.15) is 16.7 Å². The first-order chi connectivity index (χ1) is 15.9. The van der Waals surface area contributed by atoms with Crippen molar-refractivity contribution in [2.24, 2.45) is 0 Å². The Kier molecular flexibility index (Phi) is 4.58. The van der Waals surface area contributed by atoms with Gasteiger partial charge < -0.3 is 4.57 Å². The Morgan fingerprint density at radius 2 is 0.781 bits per heavy atom. The molecular formula is C31H22N. The maximum absolute atomic E-state index is 2.36. The molecular weight excluding hydrogens is 386 g/mol. The minimum Gasteiger partial charge on any atom is -0.309 e. The maximum atomic E-state index is 2.36. The van der Waals surface area contributed by atoms with Crippen molar-refractivity contribution in [3.8, 4) is 5.69 Å². The first kappa shape index (κ1) is 18.7. The van der Waals surface area contributed by atoms with E-state index in [1.807, 2.05) is 0 Å². The van der Waals surface area contributed by atoms with E-state index < -0.39 is 0 Å². The molecule has 1 radical (unpaired) electrons. The quantitative estimate of drug-likeness (QED) is 0.262. The highest BCUT2D eigenvalue weighted by Crippen LogP contribution is 2.34. The minimum atomic E-state index is 1.17. The first-order valence-electron chi connectivity index (χ1n) is 11.0. The molecule has 0 aliphatic carbocycles. The average molecular weight is 409 g/mol. The van der Waals surface area contributed by atoms with Crippen LogP contribution in [0.25, 0.3) is 27.5 Å². The molecule has 0 aliphatic rings. The van der Waals surface area contributed by atoms with Gasteiger partial charge in [0.2, 0.25) is 0 Å². The van der Waals surface area contributed by atoms with E-state index in [0.717, 1.165) is 0 Å². The Morgan fingerprint density at radius 1 is 0.375 bits per heavy atom. The summed E-state index contributed by atoms with van der Waals surface area (Å²) in [5.74, 6) is 1.25. The summed E-state index contributed by atoms with van der Waals surface area (Å²) in [6.45, 7) is 0.